The lowest BCUT2D eigenvalue weighted by Gasteiger charge is -2.22. The van der Waals surface area contributed by atoms with Crippen LogP contribution >= 0.6 is 11.6 Å². The van der Waals surface area contributed by atoms with Crippen molar-refractivity contribution < 1.29 is 14.3 Å². The van der Waals surface area contributed by atoms with E-state index in [9.17, 15) is 9.59 Å². The van der Waals surface area contributed by atoms with Crippen molar-refractivity contribution in [1.82, 2.24) is 15.2 Å². The Labute approximate surface area is 197 Å². The number of amides is 1. The second kappa shape index (κ2) is 9.12. The predicted octanol–water partition coefficient (Wildman–Crippen LogP) is 4.31. The number of carbonyl (C=O) groups excluding carboxylic acids is 2. The van der Waals surface area contributed by atoms with Crippen LogP contribution in [0, 0.1) is 0 Å². The van der Waals surface area contributed by atoms with Crippen LogP contribution in [0.3, 0.4) is 0 Å². The number of benzene rings is 2. The number of nitrogens with one attached hydrogen (secondary N) is 1. The number of halogens is 1. The molecule has 7 heteroatoms. The molecule has 2 fully saturated rings. The van der Waals surface area contributed by atoms with Gasteiger partial charge in [0.05, 0.1) is 18.2 Å². The largest absolute Gasteiger partial charge is 0.468 e. The molecule has 0 spiro atoms. The van der Waals surface area contributed by atoms with Crippen LogP contribution in [-0.4, -0.2) is 47.5 Å². The number of hydrogen-bond donors (Lipinski definition) is 1. The quantitative estimate of drug-likeness (QED) is 0.551. The summed E-state index contributed by atoms with van der Waals surface area (Å²) in [6.45, 7) is 1.14. The van der Waals surface area contributed by atoms with Gasteiger partial charge in [-0.05, 0) is 49.1 Å². The summed E-state index contributed by atoms with van der Waals surface area (Å²) >= 11 is 6.00. The molecule has 1 amide bonds. The lowest BCUT2D eigenvalue weighted by molar-refractivity contribution is -0.146. The molecule has 6 nitrogen and oxygen atoms in total. The first-order chi connectivity index (χ1) is 16.0. The molecular weight excluding hydrogens is 438 g/mol. The number of esters is 1. The van der Waals surface area contributed by atoms with Crippen molar-refractivity contribution in [3.63, 3.8) is 0 Å². The van der Waals surface area contributed by atoms with E-state index in [1.807, 2.05) is 54.6 Å². The van der Waals surface area contributed by atoms with E-state index in [4.69, 9.17) is 21.3 Å². The van der Waals surface area contributed by atoms with Gasteiger partial charge in [0, 0.05) is 41.2 Å². The average Bonchev–Trinajstić information content (AvgIpc) is 3.61. The summed E-state index contributed by atoms with van der Waals surface area (Å²) in [5.41, 5.74) is 3.53. The number of hydrogen-bond acceptors (Lipinski definition) is 5. The van der Waals surface area contributed by atoms with E-state index >= 15 is 0 Å². The molecule has 1 saturated carbocycles. The molecule has 1 aromatic heterocycles. The number of likely N-dealkylation sites (tertiary alicyclic amines) is 1. The molecule has 1 aliphatic carbocycles. The molecule has 0 radical (unpaired) electrons. The number of methoxy groups -OCH3 is 1. The van der Waals surface area contributed by atoms with Gasteiger partial charge < -0.3 is 10.1 Å². The Balaban J connectivity index is 1.36. The van der Waals surface area contributed by atoms with Crippen molar-refractivity contribution >= 4 is 34.4 Å². The smallest absolute Gasteiger partial charge is 0.323 e. The number of ether oxygens (including phenoxy) is 1. The third-order valence-corrected chi connectivity index (χ3v) is 6.74. The van der Waals surface area contributed by atoms with Gasteiger partial charge in [0.25, 0.3) is 5.91 Å². The number of fused-ring (bicyclic) bond motifs is 1. The van der Waals surface area contributed by atoms with Gasteiger partial charge >= 0.3 is 5.97 Å². The summed E-state index contributed by atoms with van der Waals surface area (Å²) in [6.07, 6.45) is 2.75. The zero-order valence-electron chi connectivity index (χ0n) is 18.5. The Bertz CT molecular complexity index is 1190. The minimum atomic E-state index is -0.410. The highest BCUT2D eigenvalue weighted by Crippen LogP contribution is 2.40. The van der Waals surface area contributed by atoms with E-state index in [2.05, 4.69) is 10.2 Å². The van der Waals surface area contributed by atoms with Crippen molar-refractivity contribution in [2.24, 2.45) is 0 Å². The Morgan fingerprint density at radius 1 is 1.15 bits per heavy atom. The monoisotopic (exact) mass is 463 g/mol. The molecule has 170 valence electrons. The lowest BCUT2D eigenvalue weighted by atomic mass is 10.0. The van der Waals surface area contributed by atoms with Gasteiger partial charge in [-0.2, -0.15) is 0 Å². The zero-order chi connectivity index (χ0) is 22.9. The summed E-state index contributed by atoms with van der Waals surface area (Å²) in [5.74, 6) is 0.0368. The topological polar surface area (TPSA) is 71.5 Å². The number of para-hydroxylation sites is 1. The van der Waals surface area contributed by atoms with Crippen molar-refractivity contribution in [3.05, 3.63) is 76.4 Å². The molecule has 5 rings (SSSR count). The standard InChI is InChI=1S/C26H26ClN3O3/c1-33-26(32)24-12-19(15-30(24)14-16-6-10-18(27)11-7-16)28-25(31)21-13-23(17-8-9-17)29-22-5-3-2-4-20(21)22/h2-7,10-11,13,17,19,24H,8-9,12,14-15H2,1H3,(H,28,31)/t19-,24+/m1/s1. The van der Waals surface area contributed by atoms with Crippen LogP contribution in [-0.2, 0) is 16.1 Å². The molecule has 2 atom stereocenters. The lowest BCUT2D eigenvalue weighted by Crippen LogP contribution is -2.37. The van der Waals surface area contributed by atoms with E-state index in [-0.39, 0.29) is 17.9 Å². The summed E-state index contributed by atoms with van der Waals surface area (Å²) < 4.78 is 5.04. The normalized spacial score (nSPS) is 20.7. The maximum atomic E-state index is 13.4. The molecule has 2 heterocycles. The highest BCUT2D eigenvalue weighted by molar-refractivity contribution is 6.30. The maximum Gasteiger partial charge on any atom is 0.323 e. The first kappa shape index (κ1) is 21.9. The Hall–Kier alpha value is -2.96. The number of nitrogens with zero attached hydrogens (tertiary/aromatic N) is 2. The third-order valence-electron chi connectivity index (χ3n) is 6.49. The summed E-state index contributed by atoms with van der Waals surface area (Å²) in [5, 5.41) is 4.69. The second-order valence-corrected chi connectivity index (χ2v) is 9.32. The van der Waals surface area contributed by atoms with Gasteiger partial charge in [0.1, 0.15) is 6.04 Å². The van der Waals surface area contributed by atoms with E-state index in [1.165, 1.54) is 7.11 Å². The first-order valence-electron chi connectivity index (χ1n) is 11.3. The van der Waals surface area contributed by atoms with E-state index in [1.54, 1.807) is 0 Å². The predicted molar refractivity (Wildman–Crippen MR) is 127 cm³/mol. The number of pyridine rings is 1. The molecule has 0 bridgehead atoms. The maximum absolute atomic E-state index is 13.4. The summed E-state index contributed by atoms with van der Waals surface area (Å²) in [4.78, 5) is 32.7. The minimum Gasteiger partial charge on any atom is -0.468 e. The van der Waals surface area contributed by atoms with Crippen molar-refractivity contribution in [2.75, 3.05) is 13.7 Å². The first-order valence-corrected chi connectivity index (χ1v) is 11.7. The molecule has 3 aromatic rings. The molecule has 1 saturated heterocycles. The van der Waals surface area contributed by atoms with Crippen molar-refractivity contribution in [2.45, 2.75) is 43.8 Å². The summed E-state index contributed by atoms with van der Waals surface area (Å²) in [7, 11) is 1.40. The van der Waals surface area contributed by atoms with Crippen LogP contribution in [0.4, 0.5) is 0 Å². The fraction of sp³-hybridized carbons (Fsp3) is 0.346. The Kier molecular flexibility index (Phi) is 6.04. The number of carbonyl (C=O) groups is 2. The van der Waals surface area contributed by atoms with Crippen LogP contribution in [0.5, 0.6) is 0 Å². The van der Waals surface area contributed by atoms with Gasteiger partial charge in [0.15, 0.2) is 0 Å². The molecule has 2 aliphatic rings. The number of rotatable bonds is 6. The highest BCUT2D eigenvalue weighted by atomic mass is 35.5. The number of aromatic nitrogens is 1. The molecule has 0 unspecified atom stereocenters. The fourth-order valence-corrected chi connectivity index (χ4v) is 4.75. The van der Waals surface area contributed by atoms with Gasteiger partial charge in [0.2, 0.25) is 0 Å². The van der Waals surface area contributed by atoms with Crippen LogP contribution in [0.2, 0.25) is 5.02 Å². The molecule has 2 aromatic carbocycles. The Morgan fingerprint density at radius 2 is 1.91 bits per heavy atom. The van der Waals surface area contributed by atoms with Crippen LogP contribution < -0.4 is 5.32 Å². The van der Waals surface area contributed by atoms with Gasteiger partial charge in [-0.1, -0.05) is 41.9 Å². The van der Waals surface area contributed by atoms with Gasteiger partial charge in [-0.15, -0.1) is 0 Å². The zero-order valence-corrected chi connectivity index (χ0v) is 19.2. The molecule has 1 aliphatic heterocycles. The second-order valence-electron chi connectivity index (χ2n) is 8.89. The van der Waals surface area contributed by atoms with Crippen LogP contribution in [0.25, 0.3) is 10.9 Å². The van der Waals surface area contributed by atoms with E-state index in [0.29, 0.717) is 36.0 Å². The highest BCUT2D eigenvalue weighted by Gasteiger charge is 2.38. The Morgan fingerprint density at radius 3 is 2.64 bits per heavy atom. The molecule has 1 N–H and O–H groups in total. The van der Waals surface area contributed by atoms with E-state index < -0.39 is 6.04 Å². The van der Waals surface area contributed by atoms with Crippen LogP contribution in [0.15, 0.2) is 54.6 Å². The van der Waals surface area contributed by atoms with Crippen molar-refractivity contribution in [1.29, 1.82) is 0 Å². The van der Waals surface area contributed by atoms with Gasteiger partial charge in [-0.3, -0.25) is 19.5 Å². The summed E-state index contributed by atoms with van der Waals surface area (Å²) in [6, 6.07) is 16.7. The van der Waals surface area contributed by atoms with E-state index in [0.717, 1.165) is 35.0 Å². The molecule has 33 heavy (non-hydrogen) atoms. The molecular formula is C26H26ClN3O3. The van der Waals surface area contributed by atoms with Crippen LogP contribution in [0.1, 0.15) is 46.8 Å². The van der Waals surface area contributed by atoms with Gasteiger partial charge in [-0.25, -0.2) is 0 Å². The van der Waals surface area contributed by atoms with Crippen molar-refractivity contribution in [3.8, 4) is 0 Å². The minimum absolute atomic E-state index is 0.127. The fourth-order valence-electron chi connectivity index (χ4n) is 4.62. The third kappa shape index (κ3) is 4.72. The average molecular weight is 464 g/mol. The SMILES string of the molecule is COC(=O)[C@@H]1C[C@@H](NC(=O)c2cc(C3CC3)nc3ccccc23)CN1Cc1ccc(Cl)cc1.